The summed E-state index contributed by atoms with van der Waals surface area (Å²) in [7, 11) is 0. The number of ether oxygens (including phenoxy) is 1. The first-order chi connectivity index (χ1) is 14.7. The van der Waals surface area contributed by atoms with E-state index in [2.05, 4.69) is 14.9 Å². The van der Waals surface area contributed by atoms with Gasteiger partial charge < -0.3 is 14.6 Å². The number of carbonyl (C=O) groups is 1. The molecule has 4 rings (SSSR count). The zero-order chi connectivity index (χ0) is 20.8. The van der Waals surface area contributed by atoms with Crippen LogP contribution in [0.4, 0.5) is 4.39 Å². The van der Waals surface area contributed by atoms with Crippen LogP contribution < -0.4 is 10.1 Å². The van der Waals surface area contributed by atoms with Crippen LogP contribution in [0.15, 0.2) is 79.1 Å². The molecule has 152 valence electrons. The average Bonchev–Trinajstić information content (AvgIpc) is 3.19. The van der Waals surface area contributed by atoms with Crippen LogP contribution in [-0.4, -0.2) is 22.0 Å². The Morgan fingerprint density at radius 3 is 2.63 bits per heavy atom. The van der Waals surface area contributed by atoms with Crippen molar-refractivity contribution in [3.8, 4) is 5.75 Å². The number of aryl methyl sites for hydroxylation is 1. The van der Waals surface area contributed by atoms with E-state index in [1.807, 2.05) is 36.7 Å². The van der Waals surface area contributed by atoms with Crippen LogP contribution in [0.3, 0.4) is 0 Å². The molecule has 0 bridgehead atoms. The van der Waals surface area contributed by atoms with Gasteiger partial charge in [-0.15, -0.1) is 0 Å². The molecule has 0 unspecified atom stereocenters. The van der Waals surface area contributed by atoms with Crippen molar-refractivity contribution in [3.05, 3.63) is 96.1 Å². The third kappa shape index (κ3) is 4.66. The molecule has 0 atom stereocenters. The molecular formula is C24H22FN3O2. The summed E-state index contributed by atoms with van der Waals surface area (Å²) in [4.78, 5) is 17.0. The number of rotatable bonds is 8. The first-order valence-electron chi connectivity index (χ1n) is 9.85. The summed E-state index contributed by atoms with van der Waals surface area (Å²) in [6, 6.07) is 21.2. The first-order valence-corrected chi connectivity index (χ1v) is 9.85. The minimum absolute atomic E-state index is 0.180. The average molecular weight is 403 g/mol. The number of halogens is 1. The largest absolute Gasteiger partial charge is 0.488 e. The minimum Gasteiger partial charge on any atom is -0.488 e. The lowest BCUT2D eigenvalue weighted by molar-refractivity contribution is 0.0948. The number of aromatic nitrogens is 2. The van der Waals surface area contributed by atoms with Gasteiger partial charge in [0.1, 0.15) is 18.2 Å². The smallest absolute Gasteiger partial charge is 0.255 e. The predicted molar refractivity (Wildman–Crippen MR) is 114 cm³/mol. The van der Waals surface area contributed by atoms with E-state index in [0.29, 0.717) is 17.9 Å². The number of carbonyl (C=O) groups excluding carboxylic acids is 1. The molecule has 3 aromatic carbocycles. The Morgan fingerprint density at radius 1 is 1.00 bits per heavy atom. The van der Waals surface area contributed by atoms with Gasteiger partial charge in [-0.05, 0) is 48.4 Å². The Kier molecular flexibility index (Phi) is 6.03. The second-order valence-electron chi connectivity index (χ2n) is 6.95. The quantitative estimate of drug-likeness (QED) is 0.438. The molecule has 0 spiro atoms. The van der Waals surface area contributed by atoms with Gasteiger partial charge in [0.15, 0.2) is 0 Å². The van der Waals surface area contributed by atoms with Crippen molar-refractivity contribution in [1.29, 1.82) is 0 Å². The first kappa shape index (κ1) is 19.6. The number of benzene rings is 3. The lowest BCUT2D eigenvalue weighted by atomic mass is 10.2. The molecule has 1 heterocycles. The summed E-state index contributed by atoms with van der Waals surface area (Å²) < 4.78 is 20.9. The molecule has 0 aliphatic heterocycles. The van der Waals surface area contributed by atoms with Gasteiger partial charge in [-0.25, -0.2) is 9.37 Å². The van der Waals surface area contributed by atoms with E-state index in [9.17, 15) is 9.18 Å². The summed E-state index contributed by atoms with van der Waals surface area (Å²) in [5.74, 6) is 0.0299. The van der Waals surface area contributed by atoms with Crippen molar-refractivity contribution in [2.24, 2.45) is 0 Å². The summed E-state index contributed by atoms with van der Waals surface area (Å²) in [5, 5.41) is 2.95. The van der Waals surface area contributed by atoms with Gasteiger partial charge >= 0.3 is 0 Å². The number of imidazole rings is 1. The summed E-state index contributed by atoms with van der Waals surface area (Å²) in [5.41, 5.74) is 3.36. The van der Waals surface area contributed by atoms with E-state index < -0.39 is 0 Å². The summed E-state index contributed by atoms with van der Waals surface area (Å²) >= 11 is 0. The van der Waals surface area contributed by atoms with Crippen LogP contribution in [-0.2, 0) is 13.2 Å². The molecule has 1 N–H and O–H groups in total. The monoisotopic (exact) mass is 403 g/mol. The maximum absolute atomic E-state index is 13.0. The van der Waals surface area contributed by atoms with Gasteiger partial charge in [0, 0.05) is 13.1 Å². The van der Waals surface area contributed by atoms with Gasteiger partial charge in [-0.2, -0.15) is 0 Å². The molecule has 30 heavy (non-hydrogen) atoms. The molecule has 1 amide bonds. The molecule has 0 aliphatic rings. The molecule has 0 radical (unpaired) electrons. The fraction of sp³-hybridized carbons (Fsp3) is 0.167. The van der Waals surface area contributed by atoms with Crippen LogP contribution in [0.25, 0.3) is 11.0 Å². The summed E-state index contributed by atoms with van der Waals surface area (Å²) in [6.45, 7) is 1.57. The maximum Gasteiger partial charge on any atom is 0.255 e. The third-order valence-corrected chi connectivity index (χ3v) is 4.83. The fourth-order valence-electron chi connectivity index (χ4n) is 3.26. The highest BCUT2D eigenvalue weighted by atomic mass is 19.1. The lowest BCUT2D eigenvalue weighted by Crippen LogP contribution is -2.25. The van der Waals surface area contributed by atoms with Crippen LogP contribution >= 0.6 is 0 Å². The highest BCUT2D eigenvalue weighted by Crippen LogP contribution is 2.19. The van der Waals surface area contributed by atoms with Crippen molar-refractivity contribution in [3.63, 3.8) is 0 Å². The Hall–Kier alpha value is -3.67. The SMILES string of the molecule is O=C(NCCCn1cnc2ccccc21)c1ccccc1OCc1ccc(F)cc1. The van der Waals surface area contributed by atoms with Crippen molar-refractivity contribution in [1.82, 2.24) is 14.9 Å². The van der Waals surface area contributed by atoms with E-state index in [1.165, 1.54) is 12.1 Å². The molecule has 6 heteroatoms. The molecule has 1 aromatic heterocycles. The van der Waals surface area contributed by atoms with E-state index >= 15 is 0 Å². The van der Waals surface area contributed by atoms with E-state index in [-0.39, 0.29) is 18.3 Å². The minimum atomic E-state index is -0.290. The van der Waals surface area contributed by atoms with Crippen LogP contribution in [0.1, 0.15) is 22.3 Å². The van der Waals surface area contributed by atoms with Gasteiger partial charge in [0.25, 0.3) is 5.91 Å². The predicted octanol–water partition coefficient (Wildman–Crippen LogP) is 4.57. The lowest BCUT2D eigenvalue weighted by Gasteiger charge is -2.12. The molecule has 0 fully saturated rings. The van der Waals surface area contributed by atoms with Crippen molar-refractivity contribution >= 4 is 16.9 Å². The van der Waals surface area contributed by atoms with Gasteiger partial charge in [0.2, 0.25) is 0 Å². The van der Waals surface area contributed by atoms with Crippen LogP contribution in [0.2, 0.25) is 0 Å². The Bertz CT molecular complexity index is 1140. The van der Waals surface area contributed by atoms with E-state index in [0.717, 1.165) is 29.6 Å². The topological polar surface area (TPSA) is 56.2 Å². The highest BCUT2D eigenvalue weighted by Gasteiger charge is 2.12. The Morgan fingerprint density at radius 2 is 1.77 bits per heavy atom. The fourth-order valence-corrected chi connectivity index (χ4v) is 3.26. The number of para-hydroxylation sites is 3. The molecule has 5 nitrogen and oxygen atoms in total. The number of hydrogen-bond donors (Lipinski definition) is 1. The van der Waals surface area contributed by atoms with E-state index in [1.54, 1.807) is 30.3 Å². The highest BCUT2D eigenvalue weighted by molar-refractivity contribution is 5.96. The van der Waals surface area contributed by atoms with Crippen molar-refractivity contribution in [2.75, 3.05) is 6.54 Å². The van der Waals surface area contributed by atoms with Gasteiger partial charge in [-0.1, -0.05) is 36.4 Å². The molecular weight excluding hydrogens is 381 g/mol. The molecule has 0 saturated heterocycles. The van der Waals surface area contributed by atoms with Crippen LogP contribution in [0.5, 0.6) is 5.75 Å². The maximum atomic E-state index is 13.0. The number of nitrogens with zero attached hydrogens (tertiary/aromatic N) is 2. The Labute approximate surface area is 174 Å². The number of fused-ring (bicyclic) bond motifs is 1. The standard InChI is InChI=1S/C24H22FN3O2/c25-19-12-10-18(11-13-19)16-30-23-9-4-1-6-20(23)24(29)26-14-5-15-28-17-27-21-7-2-3-8-22(21)28/h1-4,6-13,17H,5,14-16H2,(H,26,29). The van der Waals surface area contributed by atoms with Crippen LogP contribution in [0, 0.1) is 5.82 Å². The van der Waals surface area contributed by atoms with Gasteiger partial charge in [0.05, 0.1) is 22.9 Å². The zero-order valence-corrected chi connectivity index (χ0v) is 16.4. The second-order valence-corrected chi connectivity index (χ2v) is 6.95. The summed E-state index contributed by atoms with van der Waals surface area (Å²) in [6.07, 6.45) is 2.61. The van der Waals surface area contributed by atoms with Crippen molar-refractivity contribution < 1.29 is 13.9 Å². The number of amides is 1. The molecule has 0 saturated carbocycles. The molecule has 4 aromatic rings. The number of nitrogens with one attached hydrogen (secondary N) is 1. The second kappa shape index (κ2) is 9.22. The third-order valence-electron chi connectivity index (χ3n) is 4.83. The molecule has 0 aliphatic carbocycles. The normalized spacial score (nSPS) is 10.8. The van der Waals surface area contributed by atoms with Gasteiger partial charge in [-0.3, -0.25) is 4.79 Å². The van der Waals surface area contributed by atoms with Crippen molar-refractivity contribution in [2.45, 2.75) is 19.6 Å². The number of hydrogen-bond acceptors (Lipinski definition) is 3. The van der Waals surface area contributed by atoms with E-state index in [4.69, 9.17) is 4.74 Å². The zero-order valence-electron chi connectivity index (χ0n) is 16.4. The Balaban J connectivity index is 1.31.